The molecule has 0 amide bonds. The molecule has 0 saturated heterocycles. The highest BCUT2D eigenvalue weighted by atomic mass is 32.2. The number of aliphatic carboxylic acids is 1. The third-order valence-electron chi connectivity index (χ3n) is 2.95. The number of carboxylic acids is 2. The summed E-state index contributed by atoms with van der Waals surface area (Å²) in [6.07, 6.45) is 2.09. The van der Waals surface area contributed by atoms with Crippen LogP contribution in [0.25, 0.3) is 6.08 Å². The van der Waals surface area contributed by atoms with Gasteiger partial charge in [-0.05, 0) is 41.5 Å². The minimum Gasteiger partial charge on any atom is -0.545 e. The van der Waals surface area contributed by atoms with Gasteiger partial charge >= 0.3 is 0 Å². The van der Waals surface area contributed by atoms with Gasteiger partial charge in [0, 0.05) is 5.69 Å². The summed E-state index contributed by atoms with van der Waals surface area (Å²) in [7, 11) is -3.92. The first kappa shape index (κ1) is 17.2. The first-order chi connectivity index (χ1) is 11.3. The van der Waals surface area contributed by atoms with E-state index in [1.807, 2.05) is 0 Å². The predicted octanol–water partition coefficient (Wildman–Crippen LogP) is -0.386. The molecule has 0 aliphatic heterocycles. The van der Waals surface area contributed by atoms with Crippen molar-refractivity contribution in [3.63, 3.8) is 0 Å². The van der Waals surface area contributed by atoms with Crippen LogP contribution in [0, 0.1) is 0 Å². The summed E-state index contributed by atoms with van der Waals surface area (Å²) in [6, 6.07) is 10.6. The van der Waals surface area contributed by atoms with E-state index < -0.39 is 22.0 Å². The van der Waals surface area contributed by atoms with Crippen molar-refractivity contribution in [1.82, 2.24) is 0 Å². The molecule has 0 aliphatic rings. The number of anilines is 1. The molecule has 24 heavy (non-hydrogen) atoms. The molecule has 124 valence electrons. The molecule has 1 N–H and O–H groups in total. The maximum atomic E-state index is 12.3. The van der Waals surface area contributed by atoms with Crippen molar-refractivity contribution in [2.24, 2.45) is 0 Å². The maximum absolute atomic E-state index is 12.3. The largest absolute Gasteiger partial charge is 0.545 e. The van der Waals surface area contributed by atoms with Crippen LogP contribution in [-0.2, 0) is 14.8 Å². The third kappa shape index (κ3) is 4.43. The minimum atomic E-state index is -3.92. The van der Waals surface area contributed by atoms with Crippen LogP contribution < -0.4 is 14.9 Å². The second-order valence-electron chi connectivity index (χ2n) is 4.70. The smallest absolute Gasteiger partial charge is 0.261 e. The lowest BCUT2D eigenvalue weighted by atomic mass is 10.2. The van der Waals surface area contributed by atoms with Gasteiger partial charge in [0.05, 0.1) is 16.8 Å². The van der Waals surface area contributed by atoms with Crippen LogP contribution in [0.5, 0.6) is 0 Å². The molecular weight excluding hydrogens is 334 g/mol. The zero-order valence-corrected chi connectivity index (χ0v) is 12.9. The molecule has 0 aromatic heterocycles. The van der Waals surface area contributed by atoms with E-state index in [-0.39, 0.29) is 16.1 Å². The number of aromatic carboxylic acids is 1. The molecule has 2 aromatic rings. The number of hydrogen-bond donors (Lipinski definition) is 1. The van der Waals surface area contributed by atoms with Gasteiger partial charge in [0.25, 0.3) is 10.0 Å². The van der Waals surface area contributed by atoms with E-state index in [9.17, 15) is 28.2 Å². The third-order valence-corrected chi connectivity index (χ3v) is 4.35. The SMILES string of the molecule is O=C([O-])/C=C/c1ccc(S(=O)(=O)Nc2cccc(C(=O)[O-])c2)cc1. The van der Waals surface area contributed by atoms with Crippen molar-refractivity contribution < 1.29 is 28.2 Å². The highest BCUT2D eigenvalue weighted by Gasteiger charge is 2.14. The van der Waals surface area contributed by atoms with Gasteiger partial charge in [-0.15, -0.1) is 0 Å². The second kappa shape index (κ2) is 6.97. The molecule has 0 spiro atoms. The van der Waals surface area contributed by atoms with Gasteiger partial charge in [-0.3, -0.25) is 4.72 Å². The molecule has 0 heterocycles. The van der Waals surface area contributed by atoms with Crippen molar-refractivity contribution in [2.75, 3.05) is 4.72 Å². The van der Waals surface area contributed by atoms with E-state index in [2.05, 4.69) is 4.72 Å². The van der Waals surface area contributed by atoms with E-state index in [1.54, 1.807) is 0 Å². The summed E-state index contributed by atoms with van der Waals surface area (Å²) < 4.78 is 26.8. The lowest BCUT2D eigenvalue weighted by molar-refractivity contribution is -0.297. The molecule has 0 fully saturated rings. The standard InChI is InChI=1S/C16H13NO6S/c18-15(19)9-6-11-4-7-14(8-5-11)24(22,23)17-13-3-1-2-12(10-13)16(20)21/h1-10,17H,(H,18,19)(H,20,21)/p-2/b9-6+. The quantitative estimate of drug-likeness (QED) is 0.711. The zero-order valence-electron chi connectivity index (χ0n) is 12.1. The predicted molar refractivity (Wildman–Crippen MR) is 82.1 cm³/mol. The molecular formula is C16H11NO6S-2. The summed E-state index contributed by atoms with van der Waals surface area (Å²) in [4.78, 5) is 21.1. The average Bonchev–Trinajstić information content (AvgIpc) is 2.53. The van der Waals surface area contributed by atoms with Gasteiger partial charge in [0.1, 0.15) is 0 Å². The number of benzene rings is 2. The minimum absolute atomic E-state index is 0.0630. The van der Waals surface area contributed by atoms with E-state index in [4.69, 9.17) is 0 Å². The molecule has 7 nitrogen and oxygen atoms in total. The molecule has 0 unspecified atom stereocenters. The van der Waals surface area contributed by atoms with E-state index in [1.165, 1.54) is 48.5 Å². The van der Waals surface area contributed by atoms with Gasteiger partial charge in [-0.25, -0.2) is 8.42 Å². The normalized spacial score (nSPS) is 11.3. The van der Waals surface area contributed by atoms with Crippen LogP contribution >= 0.6 is 0 Å². The Morgan fingerprint density at radius 1 is 1.00 bits per heavy atom. The topological polar surface area (TPSA) is 126 Å². The Morgan fingerprint density at radius 3 is 2.25 bits per heavy atom. The molecule has 0 saturated carbocycles. The number of sulfonamides is 1. The van der Waals surface area contributed by atoms with Gasteiger partial charge in [0.15, 0.2) is 0 Å². The molecule has 0 aliphatic carbocycles. The summed E-state index contributed by atoms with van der Waals surface area (Å²) >= 11 is 0. The van der Waals surface area contributed by atoms with Crippen molar-refractivity contribution in [2.45, 2.75) is 4.90 Å². The number of carbonyl (C=O) groups excluding carboxylic acids is 2. The summed E-state index contributed by atoms with van der Waals surface area (Å²) in [5.74, 6) is -2.78. The molecule has 0 atom stereocenters. The van der Waals surface area contributed by atoms with Gasteiger partial charge in [0.2, 0.25) is 0 Å². The highest BCUT2D eigenvalue weighted by Crippen LogP contribution is 2.18. The van der Waals surface area contributed by atoms with Gasteiger partial charge < -0.3 is 19.8 Å². The molecule has 2 aromatic carbocycles. The Hall–Kier alpha value is -3.13. The van der Waals surface area contributed by atoms with Crippen molar-refractivity contribution >= 4 is 33.7 Å². The van der Waals surface area contributed by atoms with E-state index >= 15 is 0 Å². The fraction of sp³-hybridized carbons (Fsp3) is 0. The Kier molecular flexibility index (Phi) is 5.00. The Labute approximate surface area is 137 Å². The monoisotopic (exact) mass is 345 g/mol. The van der Waals surface area contributed by atoms with Crippen molar-refractivity contribution in [3.8, 4) is 0 Å². The lowest BCUT2D eigenvalue weighted by Crippen LogP contribution is -2.22. The molecule has 8 heteroatoms. The van der Waals surface area contributed by atoms with E-state index in [0.717, 1.165) is 12.1 Å². The zero-order chi connectivity index (χ0) is 17.7. The van der Waals surface area contributed by atoms with Crippen LogP contribution in [-0.4, -0.2) is 20.4 Å². The second-order valence-corrected chi connectivity index (χ2v) is 6.38. The molecule has 0 bridgehead atoms. The first-order valence-electron chi connectivity index (χ1n) is 6.61. The van der Waals surface area contributed by atoms with Crippen LogP contribution in [0.1, 0.15) is 15.9 Å². The van der Waals surface area contributed by atoms with Crippen LogP contribution in [0.2, 0.25) is 0 Å². The number of carboxylic acid groups (broad SMARTS) is 2. The summed E-state index contributed by atoms with van der Waals surface area (Å²) in [5.41, 5.74) is 0.410. The molecule has 0 radical (unpaired) electrons. The van der Waals surface area contributed by atoms with E-state index in [0.29, 0.717) is 5.56 Å². The number of hydrogen-bond acceptors (Lipinski definition) is 6. The number of nitrogens with one attached hydrogen (secondary N) is 1. The van der Waals surface area contributed by atoms with Crippen molar-refractivity contribution in [3.05, 3.63) is 65.7 Å². The Bertz CT molecular complexity index is 900. The number of carbonyl (C=O) groups is 2. The Balaban J connectivity index is 2.23. The summed E-state index contributed by atoms with van der Waals surface area (Å²) in [5, 5.41) is 21.1. The number of rotatable bonds is 6. The van der Waals surface area contributed by atoms with Crippen LogP contribution in [0.3, 0.4) is 0 Å². The van der Waals surface area contributed by atoms with Gasteiger partial charge in [-0.2, -0.15) is 0 Å². The fourth-order valence-electron chi connectivity index (χ4n) is 1.85. The average molecular weight is 345 g/mol. The first-order valence-corrected chi connectivity index (χ1v) is 8.09. The van der Waals surface area contributed by atoms with Crippen LogP contribution in [0.4, 0.5) is 5.69 Å². The molecule has 2 rings (SSSR count). The lowest BCUT2D eigenvalue weighted by Gasteiger charge is -2.10. The van der Waals surface area contributed by atoms with Crippen molar-refractivity contribution in [1.29, 1.82) is 0 Å². The fourth-order valence-corrected chi connectivity index (χ4v) is 2.90. The summed E-state index contributed by atoms with van der Waals surface area (Å²) in [6.45, 7) is 0. The Morgan fingerprint density at radius 2 is 1.67 bits per heavy atom. The van der Waals surface area contributed by atoms with Crippen LogP contribution in [0.15, 0.2) is 59.5 Å². The maximum Gasteiger partial charge on any atom is 0.261 e. The highest BCUT2D eigenvalue weighted by molar-refractivity contribution is 7.92. The van der Waals surface area contributed by atoms with Gasteiger partial charge in [-0.1, -0.05) is 30.3 Å².